The van der Waals surface area contributed by atoms with Gasteiger partial charge in [-0.1, -0.05) is 19.8 Å². The predicted octanol–water partition coefficient (Wildman–Crippen LogP) is 3.64. The zero-order valence-corrected chi connectivity index (χ0v) is 13.4. The molecule has 2 aromatic rings. The Labute approximate surface area is 132 Å². The summed E-state index contributed by atoms with van der Waals surface area (Å²) in [6.07, 6.45) is 14.4. The zero-order chi connectivity index (χ0) is 13.8. The highest BCUT2D eigenvalue weighted by molar-refractivity contribution is 5.85. The van der Waals surface area contributed by atoms with Gasteiger partial charge in [0.1, 0.15) is 0 Å². The van der Waals surface area contributed by atoms with E-state index in [2.05, 4.69) is 39.5 Å². The lowest BCUT2D eigenvalue weighted by atomic mass is 10.3. The lowest BCUT2D eigenvalue weighted by Gasteiger charge is -2.08. The summed E-state index contributed by atoms with van der Waals surface area (Å²) in [7, 11) is 0. The van der Waals surface area contributed by atoms with Gasteiger partial charge in [-0.3, -0.25) is 9.36 Å². The molecule has 0 bridgehead atoms. The van der Waals surface area contributed by atoms with Gasteiger partial charge in [0.2, 0.25) is 0 Å². The Hall–Kier alpha value is -1.49. The second-order valence-electron chi connectivity index (χ2n) is 5.61. The summed E-state index contributed by atoms with van der Waals surface area (Å²) in [6.45, 7) is 3.96. The van der Waals surface area contributed by atoms with Crippen molar-refractivity contribution < 1.29 is 0 Å². The van der Waals surface area contributed by atoms with Crippen molar-refractivity contribution in [1.29, 1.82) is 0 Å². The fraction of sp³-hybridized carbons (Fsp3) is 0.600. The van der Waals surface area contributed by atoms with Gasteiger partial charge in [0.15, 0.2) is 0 Å². The van der Waals surface area contributed by atoms with Crippen LogP contribution >= 0.6 is 12.4 Å². The van der Waals surface area contributed by atoms with Crippen molar-refractivity contribution in [3.63, 3.8) is 0 Å². The van der Waals surface area contributed by atoms with Gasteiger partial charge in [-0.05, 0) is 19.3 Å². The molecule has 21 heavy (non-hydrogen) atoms. The van der Waals surface area contributed by atoms with Crippen LogP contribution in [0.1, 0.15) is 50.6 Å². The van der Waals surface area contributed by atoms with Crippen LogP contribution in [-0.2, 0) is 13.1 Å². The Bertz CT molecular complexity index is 542. The summed E-state index contributed by atoms with van der Waals surface area (Å²) in [6, 6.07) is 0.609. The number of anilines is 1. The third-order valence-electron chi connectivity index (χ3n) is 3.94. The first-order valence-corrected chi connectivity index (χ1v) is 7.64. The van der Waals surface area contributed by atoms with Gasteiger partial charge in [0, 0.05) is 31.0 Å². The molecule has 0 spiro atoms. The zero-order valence-electron chi connectivity index (χ0n) is 12.5. The molecule has 0 saturated heterocycles. The molecule has 0 amide bonds. The van der Waals surface area contributed by atoms with Crippen LogP contribution in [0.4, 0.5) is 5.69 Å². The topological polar surface area (TPSA) is 47.7 Å². The maximum Gasteiger partial charge on any atom is 0.0729 e. The first kappa shape index (κ1) is 15.9. The first-order valence-electron chi connectivity index (χ1n) is 7.64. The Morgan fingerprint density at radius 2 is 2.00 bits per heavy atom. The molecule has 1 fully saturated rings. The number of halogens is 1. The van der Waals surface area contributed by atoms with E-state index in [0.717, 1.165) is 25.2 Å². The molecule has 2 aromatic heterocycles. The summed E-state index contributed by atoms with van der Waals surface area (Å²) >= 11 is 0. The van der Waals surface area contributed by atoms with E-state index in [9.17, 15) is 0 Å². The highest BCUT2D eigenvalue weighted by Gasteiger charge is 2.17. The third-order valence-corrected chi connectivity index (χ3v) is 3.94. The molecule has 116 valence electrons. The molecule has 0 aliphatic heterocycles. The van der Waals surface area contributed by atoms with Crippen molar-refractivity contribution in [2.24, 2.45) is 0 Å². The summed E-state index contributed by atoms with van der Waals surface area (Å²) < 4.78 is 4.12. The van der Waals surface area contributed by atoms with E-state index in [1.54, 1.807) is 0 Å². The Kier molecular flexibility index (Phi) is 5.67. The van der Waals surface area contributed by atoms with E-state index in [-0.39, 0.29) is 12.4 Å². The summed E-state index contributed by atoms with van der Waals surface area (Å²) in [5.41, 5.74) is 2.31. The number of nitrogens with zero attached hydrogens (tertiary/aromatic N) is 4. The van der Waals surface area contributed by atoms with E-state index in [1.807, 2.05) is 17.1 Å². The molecule has 6 heteroatoms. The number of aryl methyl sites for hydroxylation is 1. The second kappa shape index (κ2) is 7.50. The van der Waals surface area contributed by atoms with Gasteiger partial charge in [-0.15, -0.1) is 12.4 Å². The molecular formula is C15H24ClN5. The molecule has 0 unspecified atom stereocenters. The fourth-order valence-electron chi connectivity index (χ4n) is 2.85. The molecule has 2 heterocycles. The van der Waals surface area contributed by atoms with Crippen LogP contribution in [0.15, 0.2) is 24.8 Å². The SMILES string of the molecule is CCCn1cc(CNc2cnn(C3CCCC3)c2)cn1.Cl. The largest absolute Gasteiger partial charge is 0.378 e. The third kappa shape index (κ3) is 4.00. The van der Waals surface area contributed by atoms with E-state index in [4.69, 9.17) is 0 Å². The van der Waals surface area contributed by atoms with Crippen molar-refractivity contribution >= 4 is 18.1 Å². The van der Waals surface area contributed by atoms with Crippen molar-refractivity contribution in [2.45, 2.75) is 58.2 Å². The monoisotopic (exact) mass is 309 g/mol. The average molecular weight is 310 g/mol. The molecule has 3 rings (SSSR count). The van der Waals surface area contributed by atoms with Gasteiger partial charge in [-0.2, -0.15) is 10.2 Å². The van der Waals surface area contributed by atoms with E-state index in [1.165, 1.54) is 31.2 Å². The number of rotatable bonds is 6. The highest BCUT2D eigenvalue weighted by atomic mass is 35.5. The van der Waals surface area contributed by atoms with Crippen LogP contribution in [0.2, 0.25) is 0 Å². The molecule has 1 saturated carbocycles. The van der Waals surface area contributed by atoms with E-state index in [0.29, 0.717) is 6.04 Å². The first-order chi connectivity index (χ1) is 9.85. The van der Waals surface area contributed by atoms with Crippen molar-refractivity contribution in [1.82, 2.24) is 19.6 Å². The second-order valence-corrected chi connectivity index (χ2v) is 5.61. The van der Waals surface area contributed by atoms with Crippen LogP contribution in [0.5, 0.6) is 0 Å². The number of aromatic nitrogens is 4. The van der Waals surface area contributed by atoms with Crippen LogP contribution in [0.25, 0.3) is 0 Å². The molecule has 1 N–H and O–H groups in total. The lowest BCUT2D eigenvalue weighted by Crippen LogP contribution is -2.04. The smallest absolute Gasteiger partial charge is 0.0729 e. The molecule has 1 aliphatic rings. The quantitative estimate of drug-likeness (QED) is 0.886. The summed E-state index contributed by atoms with van der Waals surface area (Å²) in [4.78, 5) is 0. The lowest BCUT2D eigenvalue weighted by molar-refractivity contribution is 0.467. The minimum absolute atomic E-state index is 0. The Balaban J connectivity index is 0.00000161. The minimum atomic E-state index is 0. The van der Waals surface area contributed by atoms with Gasteiger partial charge in [0.25, 0.3) is 0 Å². The van der Waals surface area contributed by atoms with Crippen LogP contribution in [0.3, 0.4) is 0 Å². The molecule has 0 aromatic carbocycles. The molecule has 0 atom stereocenters. The number of nitrogens with one attached hydrogen (secondary N) is 1. The van der Waals surface area contributed by atoms with E-state index >= 15 is 0 Å². The normalized spacial score (nSPS) is 15.1. The summed E-state index contributed by atoms with van der Waals surface area (Å²) in [5, 5.41) is 12.2. The predicted molar refractivity (Wildman–Crippen MR) is 86.8 cm³/mol. The van der Waals surface area contributed by atoms with Crippen molar-refractivity contribution in [3.05, 3.63) is 30.4 Å². The number of hydrogen-bond acceptors (Lipinski definition) is 3. The van der Waals surface area contributed by atoms with Crippen LogP contribution < -0.4 is 5.32 Å². The van der Waals surface area contributed by atoms with Crippen molar-refractivity contribution in [2.75, 3.05) is 5.32 Å². The van der Waals surface area contributed by atoms with E-state index < -0.39 is 0 Å². The van der Waals surface area contributed by atoms with Crippen LogP contribution in [0, 0.1) is 0 Å². The minimum Gasteiger partial charge on any atom is -0.378 e. The standard InChI is InChI=1S/C15H23N5.ClH/c1-2-7-19-11-13(9-17-19)8-16-14-10-18-20(12-14)15-5-3-4-6-15;/h9-12,15-16H,2-8H2,1H3;1H. The fourth-order valence-corrected chi connectivity index (χ4v) is 2.85. The average Bonchev–Trinajstić information content (AvgIpc) is 3.18. The highest BCUT2D eigenvalue weighted by Crippen LogP contribution is 2.29. The van der Waals surface area contributed by atoms with Crippen molar-refractivity contribution in [3.8, 4) is 0 Å². The molecule has 1 aliphatic carbocycles. The van der Waals surface area contributed by atoms with Gasteiger partial charge in [-0.25, -0.2) is 0 Å². The Morgan fingerprint density at radius 3 is 2.76 bits per heavy atom. The molecular weight excluding hydrogens is 286 g/mol. The van der Waals surface area contributed by atoms with Gasteiger partial charge in [0.05, 0.1) is 24.1 Å². The Morgan fingerprint density at radius 1 is 1.19 bits per heavy atom. The van der Waals surface area contributed by atoms with Gasteiger partial charge < -0.3 is 5.32 Å². The van der Waals surface area contributed by atoms with Gasteiger partial charge >= 0.3 is 0 Å². The molecule has 0 radical (unpaired) electrons. The van der Waals surface area contributed by atoms with Crippen LogP contribution in [-0.4, -0.2) is 19.6 Å². The maximum absolute atomic E-state index is 4.48. The molecule has 5 nitrogen and oxygen atoms in total. The summed E-state index contributed by atoms with van der Waals surface area (Å²) in [5.74, 6) is 0. The maximum atomic E-state index is 4.48. The number of hydrogen-bond donors (Lipinski definition) is 1.